The molecule has 20 heavy (non-hydrogen) atoms. The van der Waals surface area contributed by atoms with E-state index in [9.17, 15) is 0 Å². The third-order valence-corrected chi connectivity index (χ3v) is 3.68. The molecule has 1 atom stereocenters. The van der Waals surface area contributed by atoms with Crippen LogP contribution < -0.4 is 5.32 Å². The van der Waals surface area contributed by atoms with Gasteiger partial charge in [-0.25, -0.2) is 9.50 Å². The summed E-state index contributed by atoms with van der Waals surface area (Å²) in [5.74, 6) is 0.866. The van der Waals surface area contributed by atoms with E-state index in [2.05, 4.69) is 27.2 Å². The summed E-state index contributed by atoms with van der Waals surface area (Å²) in [6.07, 6.45) is 3.85. The first-order valence-corrected chi connectivity index (χ1v) is 7.15. The van der Waals surface area contributed by atoms with Crippen LogP contribution in [0.25, 0.3) is 5.52 Å². The van der Waals surface area contributed by atoms with Crippen molar-refractivity contribution in [3.8, 4) is 0 Å². The molecule has 1 saturated heterocycles. The zero-order valence-electron chi connectivity index (χ0n) is 12.0. The van der Waals surface area contributed by atoms with Crippen molar-refractivity contribution in [2.75, 3.05) is 38.1 Å². The Morgan fingerprint density at radius 3 is 3.25 bits per heavy atom. The lowest BCUT2D eigenvalue weighted by Crippen LogP contribution is -2.45. The molecular formula is C14H21N5O. The van der Waals surface area contributed by atoms with Crippen LogP contribution in [0, 0.1) is 6.92 Å². The Morgan fingerprint density at radius 2 is 2.40 bits per heavy atom. The first-order valence-electron chi connectivity index (χ1n) is 7.15. The van der Waals surface area contributed by atoms with Gasteiger partial charge in [-0.3, -0.25) is 4.90 Å². The first-order chi connectivity index (χ1) is 9.76. The summed E-state index contributed by atoms with van der Waals surface area (Å²) in [4.78, 5) is 6.81. The van der Waals surface area contributed by atoms with Crippen molar-refractivity contribution in [2.45, 2.75) is 20.0 Å². The van der Waals surface area contributed by atoms with Crippen molar-refractivity contribution in [3.05, 3.63) is 24.2 Å². The maximum Gasteiger partial charge on any atom is 0.152 e. The number of hydrogen-bond acceptors (Lipinski definition) is 5. The number of morpholine rings is 1. The number of aryl methyl sites for hydroxylation is 1. The Bertz CT molecular complexity index is 582. The smallest absolute Gasteiger partial charge is 0.152 e. The van der Waals surface area contributed by atoms with Gasteiger partial charge in [0.1, 0.15) is 5.52 Å². The fourth-order valence-corrected chi connectivity index (χ4v) is 2.58. The molecule has 0 radical (unpaired) electrons. The zero-order chi connectivity index (χ0) is 13.9. The third-order valence-electron chi connectivity index (χ3n) is 3.68. The van der Waals surface area contributed by atoms with Gasteiger partial charge in [0, 0.05) is 32.0 Å². The highest BCUT2D eigenvalue weighted by Gasteiger charge is 2.19. The van der Waals surface area contributed by atoms with E-state index in [1.54, 1.807) is 6.20 Å². The van der Waals surface area contributed by atoms with Crippen LogP contribution in [0.15, 0.2) is 18.5 Å². The molecule has 6 heteroatoms. The summed E-state index contributed by atoms with van der Waals surface area (Å²) in [7, 11) is 0. The Morgan fingerprint density at radius 1 is 1.50 bits per heavy atom. The minimum Gasteiger partial charge on any atom is -0.374 e. The van der Waals surface area contributed by atoms with Crippen molar-refractivity contribution < 1.29 is 4.74 Å². The van der Waals surface area contributed by atoms with Gasteiger partial charge in [0.25, 0.3) is 0 Å². The highest BCUT2D eigenvalue weighted by Crippen LogP contribution is 2.15. The molecule has 3 rings (SSSR count). The molecule has 1 fully saturated rings. The molecule has 2 aromatic rings. The molecule has 0 aliphatic carbocycles. The van der Waals surface area contributed by atoms with Crippen LogP contribution in [0.5, 0.6) is 0 Å². The lowest BCUT2D eigenvalue weighted by atomic mass is 10.2. The highest BCUT2D eigenvalue weighted by atomic mass is 16.5. The summed E-state index contributed by atoms with van der Waals surface area (Å²) in [6.45, 7) is 8.84. The molecule has 1 aliphatic heterocycles. The molecule has 0 spiro atoms. The van der Waals surface area contributed by atoms with E-state index < -0.39 is 0 Å². The van der Waals surface area contributed by atoms with Gasteiger partial charge < -0.3 is 10.1 Å². The Labute approximate surface area is 118 Å². The molecule has 0 aromatic carbocycles. The van der Waals surface area contributed by atoms with Gasteiger partial charge in [0.2, 0.25) is 0 Å². The first kappa shape index (κ1) is 13.3. The van der Waals surface area contributed by atoms with Crippen LogP contribution in [-0.4, -0.2) is 58.4 Å². The van der Waals surface area contributed by atoms with Gasteiger partial charge >= 0.3 is 0 Å². The minimum absolute atomic E-state index is 0.217. The second-order valence-electron chi connectivity index (χ2n) is 5.16. The van der Waals surface area contributed by atoms with Crippen LogP contribution >= 0.6 is 0 Å². The molecule has 3 heterocycles. The van der Waals surface area contributed by atoms with Crippen LogP contribution in [-0.2, 0) is 4.74 Å². The zero-order valence-corrected chi connectivity index (χ0v) is 12.0. The molecule has 108 valence electrons. The largest absolute Gasteiger partial charge is 0.374 e. The monoisotopic (exact) mass is 275 g/mol. The number of rotatable bonds is 4. The number of likely N-dealkylation sites (N-methyl/N-ethyl adjacent to an activating group) is 1. The van der Waals surface area contributed by atoms with Crippen LogP contribution in [0.3, 0.4) is 0 Å². The predicted molar refractivity (Wildman–Crippen MR) is 78.1 cm³/mol. The van der Waals surface area contributed by atoms with Crippen molar-refractivity contribution >= 4 is 11.3 Å². The fraction of sp³-hybridized carbons (Fsp3) is 0.571. The number of nitrogens with zero attached hydrogens (tertiary/aromatic N) is 4. The summed E-state index contributed by atoms with van der Waals surface area (Å²) in [6, 6.07) is 2.04. The van der Waals surface area contributed by atoms with Crippen molar-refractivity contribution in [1.82, 2.24) is 19.5 Å². The van der Waals surface area contributed by atoms with E-state index in [-0.39, 0.29) is 6.10 Å². The van der Waals surface area contributed by atoms with Gasteiger partial charge in [0.05, 0.1) is 18.4 Å². The quantitative estimate of drug-likeness (QED) is 0.908. The SMILES string of the molecule is CCN1CCOC(CNc2nccn3nc(C)cc23)C1. The lowest BCUT2D eigenvalue weighted by Gasteiger charge is -2.32. The summed E-state index contributed by atoms with van der Waals surface area (Å²) < 4.78 is 7.65. The van der Waals surface area contributed by atoms with Gasteiger partial charge in [-0.05, 0) is 19.5 Å². The molecule has 2 aromatic heterocycles. The number of fused-ring (bicyclic) bond motifs is 1. The van der Waals surface area contributed by atoms with E-state index in [1.165, 1.54) is 0 Å². The van der Waals surface area contributed by atoms with Crippen LogP contribution in [0.1, 0.15) is 12.6 Å². The number of hydrogen-bond donors (Lipinski definition) is 1. The van der Waals surface area contributed by atoms with E-state index in [0.29, 0.717) is 0 Å². The van der Waals surface area contributed by atoms with E-state index in [0.717, 1.165) is 49.8 Å². The molecule has 1 aliphatic rings. The molecule has 0 bridgehead atoms. The third kappa shape index (κ3) is 2.76. The van der Waals surface area contributed by atoms with Gasteiger partial charge in [-0.2, -0.15) is 5.10 Å². The topological polar surface area (TPSA) is 54.7 Å². The van der Waals surface area contributed by atoms with Crippen molar-refractivity contribution in [1.29, 1.82) is 0 Å². The van der Waals surface area contributed by atoms with E-state index in [4.69, 9.17) is 4.74 Å². The molecule has 6 nitrogen and oxygen atoms in total. The Kier molecular flexibility index (Phi) is 3.84. The standard InChI is InChI=1S/C14H21N5O/c1-3-18-6-7-20-12(10-18)9-16-14-13-8-11(2)17-19(13)5-4-15-14/h4-5,8,12H,3,6-7,9-10H2,1-2H3,(H,15,16). The summed E-state index contributed by atoms with van der Waals surface area (Å²) in [5, 5.41) is 7.78. The number of nitrogens with one attached hydrogen (secondary N) is 1. The molecule has 1 N–H and O–H groups in total. The minimum atomic E-state index is 0.217. The highest BCUT2D eigenvalue weighted by molar-refractivity contribution is 5.67. The van der Waals surface area contributed by atoms with Gasteiger partial charge in [0.15, 0.2) is 5.82 Å². The Hall–Kier alpha value is -1.66. The fourth-order valence-electron chi connectivity index (χ4n) is 2.58. The van der Waals surface area contributed by atoms with Gasteiger partial charge in [-0.15, -0.1) is 0 Å². The summed E-state index contributed by atoms with van der Waals surface area (Å²) >= 11 is 0. The van der Waals surface area contributed by atoms with Gasteiger partial charge in [-0.1, -0.05) is 6.92 Å². The maximum atomic E-state index is 5.79. The average Bonchev–Trinajstić information content (AvgIpc) is 2.86. The molecule has 1 unspecified atom stereocenters. The number of anilines is 1. The number of aromatic nitrogens is 3. The molecule has 0 amide bonds. The van der Waals surface area contributed by atoms with Crippen LogP contribution in [0.4, 0.5) is 5.82 Å². The second-order valence-corrected chi connectivity index (χ2v) is 5.16. The molecule has 0 saturated carbocycles. The normalized spacial score (nSPS) is 20.4. The second kappa shape index (κ2) is 5.76. The van der Waals surface area contributed by atoms with Crippen molar-refractivity contribution in [3.63, 3.8) is 0 Å². The average molecular weight is 275 g/mol. The van der Waals surface area contributed by atoms with Crippen LogP contribution in [0.2, 0.25) is 0 Å². The summed E-state index contributed by atoms with van der Waals surface area (Å²) in [5.41, 5.74) is 2.00. The van der Waals surface area contributed by atoms with Crippen molar-refractivity contribution in [2.24, 2.45) is 0 Å². The lowest BCUT2D eigenvalue weighted by molar-refractivity contribution is -0.0192. The van der Waals surface area contributed by atoms with E-state index >= 15 is 0 Å². The molecular weight excluding hydrogens is 254 g/mol. The Balaban J connectivity index is 1.67. The van der Waals surface area contributed by atoms with E-state index in [1.807, 2.05) is 23.7 Å². The number of ether oxygens (including phenoxy) is 1. The maximum absolute atomic E-state index is 5.79. The predicted octanol–water partition coefficient (Wildman–Crippen LogP) is 1.17.